The molecule has 0 spiro atoms. The Morgan fingerprint density at radius 1 is 0.625 bits per heavy atom. The molecule has 5 rings (SSSR count). The molecule has 0 fully saturated rings. The summed E-state index contributed by atoms with van der Waals surface area (Å²) >= 11 is 0. The number of hydrogen-bond acceptors (Lipinski definition) is 14. The maximum atomic E-state index is 14.4. The van der Waals surface area contributed by atoms with Crippen molar-refractivity contribution in [2.45, 2.75) is 118 Å². The number of rotatable bonds is 12. The summed E-state index contributed by atoms with van der Waals surface area (Å²) < 4.78 is 58.9. The zero-order valence-electron chi connectivity index (χ0n) is 34.2. The average Bonchev–Trinajstić information content (AvgIpc) is 3.77. The standard InChI is InChI=1S/C40H54N2O14/c1-19(2)13-23(41-37(45)55-39(5,6)7)35(43)53-29-21-15-25(47-11)31-33(51-17-49-31)27(21)28-22(16-26(48-12)32-34(28)52-18-50-32)30(29)54-36(44)24(14-20(3)4)42-38(46)56-40(8,9)10/h15-16,19-20,23-24,29-30H,13-14,17-18H2,1-12H3,(H,41,45)(H,42,46). The number of methoxy groups -OCH3 is 2. The van der Waals surface area contributed by atoms with Crippen LogP contribution in [0.3, 0.4) is 0 Å². The summed E-state index contributed by atoms with van der Waals surface area (Å²) in [6.07, 6.45) is -4.04. The fraction of sp³-hybridized carbons (Fsp3) is 0.600. The second-order valence-corrected chi connectivity index (χ2v) is 16.6. The van der Waals surface area contributed by atoms with Gasteiger partial charge in [-0.3, -0.25) is 0 Å². The topological polar surface area (TPSA) is 185 Å². The molecular formula is C40H54N2O14. The summed E-state index contributed by atoms with van der Waals surface area (Å²) in [5, 5.41) is 5.32. The molecule has 0 saturated carbocycles. The van der Waals surface area contributed by atoms with Crippen LogP contribution in [0.2, 0.25) is 0 Å². The first-order valence-corrected chi connectivity index (χ1v) is 18.6. The van der Waals surface area contributed by atoms with Crippen molar-refractivity contribution in [3.05, 3.63) is 23.3 Å². The summed E-state index contributed by atoms with van der Waals surface area (Å²) in [7, 11) is 2.89. The molecule has 2 aliphatic heterocycles. The minimum absolute atomic E-state index is 0.0656. The largest absolute Gasteiger partial charge is 0.493 e. The van der Waals surface area contributed by atoms with Crippen molar-refractivity contribution in [2.24, 2.45) is 11.8 Å². The van der Waals surface area contributed by atoms with Crippen LogP contribution in [-0.2, 0) is 28.5 Å². The number of ether oxygens (including phenoxy) is 10. The van der Waals surface area contributed by atoms with Crippen molar-refractivity contribution >= 4 is 24.1 Å². The summed E-state index contributed by atoms with van der Waals surface area (Å²) in [6, 6.07) is 0.882. The number of amides is 2. The third-order valence-corrected chi connectivity index (χ3v) is 8.71. The van der Waals surface area contributed by atoms with Crippen LogP contribution in [0.5, 0.6) is 34.5 Å². The zero-order chi connectivity index (χ0) is 41.3. The molecule has 56 heavy (non-hydrogen) atoms. The first kappa shape index (κ1) is 41.9. The van der Waals surface area contributed by atoms with Crippen molar-refractivity contribution in [1.82, 2.24) is 10.6 Å². The second-order valence-electron chi connectivity index (χ2n) is 16.6. The van der Waals surface area contributed by atoms with E-state index in [2.05, 4.69) is 10.6 Å². The number of hydrogen-bond donors (Lipinski definition) is 2. The highest BCUT2D eigenvalue weighted by molar-refractivity contribution is 5.92. The minimum Gasteiger partial charge on any atom is -0.493 e. The van der Waals surface area contributed by atoms with E-state index in [1.54, 1.807) is 53.7 Å². The van der Waals surface area contributed by atoms with E-state index in [4.69, 9.17) is 47.4 Å². The van der Waals surface area contributed by atoms with Crippen LogP contribution in [0.15, 0.2) is 12.1 Å². The molecule has 2 N–H and O–H groups in total. The molecule has 1 aliphatic carbocycles. The predicted molar refractivity (Wildman–Crippen MR) is 200 cm³/mol. The molecule has 16 nitrogen and oxygen atoms in total. The molecule has 2 aromatic rings. The predicted octanol–water partition coefficient (Wildman–Crippen LogP) is 6.89. The number of carbonyl (C=O) groups excluding carboxylic acids is 4. The van der Waals surface area contributed by atoms with Gasteiger partial charge in [0.1, 0.15) is 23.3 Å². The Morgan fingerprint density at radius 3 is 1.27 bits per heavy atom. The molecule has 0 saturated heterocycles. The van der Waals surface area contributed by atoms with E-state index in [0.29, 0.717) is 33.8 Å². The van der Waals surface area contributed by atoms with Crippen LogP contribution in [-0.4, -0.2) is 75.2 Å². The van der Waals surface area contributed by atoms with Gasteiger partial charge in [0.15, 0.2) is 35.2 Å². The lowest BCUT2D eigenvalue weighted by Gasteiger charge is -2.37. The second kappa shape index (κ2) is 16.4. The van der Waals surface area contributed by atoms with Crippen molar-refractivity contribution < 1.29 is 66.5 Å². The molecule has 2 aromatic carbocycles. The van der Waals surface area contributed by atoms with Gasteiger partial charge < -0.3 is 58.0 Å². The monoisotopic (exact) mass is 786 g/mol. The van der Waals surface area contributed by atoms with Crippen LogP contribution in [0.25, 0.3) is 11.1 Å². The Balaban J connectivity index is 1.68. The lowest BCUT2D eigenvalue weighted by atomic mass is 9.79. The smallest absolute Gasteiger partial charge is 0.408 e. The van der Waals surface area contributed by atoms with Crippen molar-refractivity contribution in [2.75, 3.05) is 27.8 Å². The van der Waals surface area contributed by atoms with E-state index in [1.165, 1.54) is 14.2 Å². The first-order valence-electron chi connectivity index (χ1n) is 18.6. The summed E-state index contributed by atoms with van der Waals surface area (Å²) in [6.45, 7) is 17.5. The van der Waals surface area contributed by atoms with E-state index in [9.17, 15) is 19.2 Å². The van der Waals surface area contributed by atoms with Crippen LogP contribution >= 0.6 is 0 Å². The first-order chi connectivity index (χ1) is 26.2. The molecule has 0 radical (unpaired) electrons. The van der Waals surface area contributed by atoms with Crippen molar-refractivity contribution in [3.63, 3.8) is 0 Å². The fourth-order valence-electron chi connectivity index (χ4n) is 6.64. The van der Waals surface area contributed by atoms with Gasteiger partial charge in [0.05, 0.1) is 14.2 Å². The maximum Gasteiger partial charge on any atom is 0.408 e. The molecule has 2 amide bonds. The minimum atomic E-state index is -1.39. The molecule has 16 heteroatoms. The van der Waals surface area contributed by atoms with E-state index < -0.39 is 59.6 Å². The average molecular weight is 787 g/mol. The maximum absolute atomic E-state index is 14.4. The SMILES string of the molecule is COc1cc2c(c3c1OCO3)-c1c(cc(OC)c3c1OCO3)C(OC(=O)C(CC(C)C)NC(=O)OC(C)(C)C)C2OC(=O)C(CC(C)C)NC(=O)OC(C)(C)C. The van der Waals surface area contributed by atoms with Gasteiger partial charge in [0.2, 0.25) is 25.1 Å². The highest BCUT2D eigenvalue weighted by Crippen LogP contribution is 2.63. The quantitative estimate of drug-likeness (QED) is 0.167. The van der Waals surface area contributed by atoms with E-state index in [1.807, 2.05) is 27.7 Å². The van der Waals surface area contributed by atoms with Gasteiger partial charge in [-0.05, 0) is 78.4 Å². The Hall–Kier alpha value is -5.28. The van der Waals surface area contributed by atoms with E-state index in [0.717, 1.165) is 0 Å². The Bertz CT molecular complexity index is 1690. The van der Waals surface area contributed by atoms with Crippen molar-refractivity contribution in [3.8, 4) is 45.6 Å². The third-order valence-electron chi connectivity index (χ3n) is 8.71. The number of nitrogens with one attached hydrogen (secondary N) is 2. The van der Waals surface area contributed by atoms with Crippen LogP contribution in [0.1, 0.15) is 105 Å². The zero-order valence-corrected chi connectivity index (χ0v) is 34.2. The highest BCUT2D eigenvalue weighted by atomic mass is 16.7. The highest BCUT2D eigenvalue weighted by Gasteiger charge is 2.48. The third kappa shape index (κ3) is 9.39. The fourth-order valence-corrected chi connectivity index (χ4v) is 6.64. The van der Waals surface area contributed by atoms with Crippen LogP contribution < -0.4 is 39.1 Å². The van der Waals surface area contributed by atoms with Gasteiger partial charge in [-0.2, -0.15) is 0 Å². The molecule has 3 aliphatic rings. The lowest BCUT2D eigenvalue weighted by Crippen LogP contribution is -2.47. The number of esters is 2. The number of benzene rings is 2. The molecule has 2 heterocycles. The summed E-state index contributed by atoms with van der Waals surface area (Å²) in [4.78, 5) is 54.8. The summed E-state index contributed by atoms with van der Waals surface area (Å²) in [5.41, 5.74) is -0.234. The number of alkyl carbamates (subject to hydrolysis) is 2. The normalized spacial score (nSPS) is 17.6. The van der Waals surface area contributed by atoms with E-state index >= 15 is 0 Å². The number of carbonyl (C=O) groups is 4. The van der Waals surface area contributed by atoms with Gasteiger partial charge in [-0.1, -0.05) is 27.7 Å². The molecule has 0 bridgehead atoms. The van der Waals surface area contributed by atoms with Gasteiger partial charge >= 0.3 is 24.1 Å². The number of fused-ring (bicyclic) bond motifs is 7. The van der Waals surface area contributed by atoms with E-state index in [-0.39, 0.29) is 61.3 Å². The van der Waals surface area contributed by atoms with Gasteiger partial charge in [-0.25, -0.2) is 19.2 Å². The molecule has 308 valence electrons. The van der Waals surface area contributed by atoms with Gasteiger partial charge in [0, 0.05) is 22.3 Å². The Labute approximate surface area is 327 Å². The molecule has 0 aromatic heterocycles. The summed E-state index contributed by atoms with van der Waals surface area (Å²) in [5.74, 6) is -0.166. The lowest BCUT2D eigenvalue weighted by molar-refractivity contribution is -0.173. The molecule has 4 atom stereocenters. The molecular weight excluding hydrogens is 732 g/mol. The van der Waals surface area contributed by atoms with Crippen LogP contribution in [0.4, 0.5) is 9.59 Å². The van der Waals surface area contributed by atoms with Gasteiger partial charge in [-0.15, -0.1) is 0 Å². The molecule has 4 unspecified atom stereocenters. The van der Waals surface area contributed by atoms with Crippen molar-refractivity contribution in [1.29, 1.82) is 0 Å². The van der Waals surface area contributed by atoms with Crippen LogP contribution in [0, 0.1) is 11.8 Å². The Kier molecular flexibility index (Phi) is 12.3. The Morgan fingerprint density at radius 2 is 0.964 bits per heavy atom. The van der Waals surface area contributed by atoms with Gasteiger partial charge in [0.25, 0.3) is 0 Å².